The zero-order valence-electron chi connectivity index (χ0n) is 25.7. The summed E-state index contributed by atoms with van der Waals surface area (Å²) in [7, 11) is 0. The highest BCUT2D eigenvalue weighted by atomic mass is 19.1. The average molecular weight is 590 g/mol. The lowest BCUT2D eigenvalue weighted by Crippen LogP contribution is -2.60. The van der Waals surface area contributed by atoms with Crippen molar-refractivity contribution in [3.63, 3.8) is 0 Å². The molecule has 0 bridgehead atoms. The predicted molar refractivity (Wildman–Crippen MR) is 142 cm³/mol. The van der Waals surface area contributed by atoms with Crippen LogP contribution in [0.4, 0.5) is 14.5 Å². The minimum atomic E-state index is -1.97. The molecule has 12 heteroatoms. The van der Waals surface area contributed by atoms with Crippen molar-refractivity contribution < 1.29 is 58.9 Å². The van der Waals surface area contributed by atoms with Crippen molar-refractivity contribution in [1.29, 1.82) is 0 Å². The first-order valence-electron chi connectivity index (χ1n) is 14.9. The van der Waals surface area contributed by atoms with Crippen LogP contribution in [0.25, 0.3) is 0 Å². The molecule has 3 aromatic carbocycles. The Balaban J connectivity index is 1.47. The molecule has 3 aromatic rings. The molecular formula is C30H29F2NO9. The summed E-state index contributed by atoms with van der Waals surface area (Å²) >= 11 is 0. The number of anilines is 1. The quantitative estimate of drug-likeness (QED) is 0.237. The fraction of sp³-hybridized carbons (Fsp3) is 0.333. The number of hydrogen-bond acceptors (Lipinski definition) is 8. The third kappa shape index (κ3) is 5.85. The van der Waals surface area contributed by atoms with Gasteiger partial charge in [0, 0.05) is 5.69 Å². The molecule has 2 heterocycles. The number of aliphatic hydroxyl groups excluding tert-OH is 3. The number of carboxylic acid groups (broad SMARTS) is 1. The van der Waals surface area contributed by atoms with Crippen molar-refractivity contribution in [2.45, 2.75) is 55.7 Å². The van der Waals surface area contributed by atoms with Gasteiger partial charge in [0.25, 0.3) is 0 Å². The number of phenolic OH excluding ortho intramolecular Hbond substituents is 1. The summed E-state index contributed by atoms with van der Waals surface area (Å²) < 4.78 is 71.6. The molecule has 0 aliphatic carbocycles. The number of halogens is 2. The minimum Gasteiger partial charge on any atom is -0.508 e. The molecule has 2 aliphatic heterocycles. The monoisotopic (exact) mass is 589 g/mol. The molecule has 2 fully saturated rings. The fourth-order valence-electron chi connectivity index (χ4n) is 5.19. The number of nitrogens with zero attached hydrogens (tertiary/aromatic N) is 1. The number of aliphatic hydroxyl groups is 3. The third-order valence-corrected chi connectivity index (χ3v) is 7.36. The average Bonchev–Trinajstić information content (AvgIpc) is 3.03. The second-order valence-corrected chi connectivity index (χ2v) is 10.0. The van der Waals surface area contributed by atoms with E-state index in [1.54, 1.807) is 0 Å². The van der Waals surface area contributed by atoms with E-state index in [1.165, 1.54) is 36.4 Å². The van der Waals surface area contributed by atoms with Gasteiger partial charge in [0.05, 0.1) is 23.5 Å². The van der Waals surface area contributed by atoms with Gasteiger partial charge in [-0.05, 0) is 72.4 Å². The molecule has 10 nitrogen and oxygen atoms in total. The normalized spacial score (nSPS) is 29.6. The first kappa shape index (κ1) is 24.6. The molecule has 5 rings (SSSR count). The second kappa shape index (κ2) is 12.1. The Morgan fingerprint density at radius 2 is 1.60 bits per heavy atom. The molecule has 222 valence electrons. The number of aliphatic carboxylic acids is 1. The minimum absolute atomic E-state index is 0.0113. The number of carbonyl (C=O) groups excluding carboxylic acids is 1. The van der Waals surface area contributed by atoms with E-state index in [1.807, 2.05) is 0 Å². The molecule has 1 amide bonds. The first-order chi connectivity index (χ1) is 21.7. The maximum Gasteiger partial charge on any atom is 0.335 e. The molecular weight excluding hydrogens is 556 g/mol. The number of ether oxygens (including phenoxy) is 2. The van der Waals surface area contributed by atoms with Crippen molar-refractivity contribution >= 4 is 17.6 Å². The molecule has 2 saturated heterocycles. The summed E-state index contributed by atoms with van der Waals surface area (Å²) in [6, 6.07) is 6.26. The molecule has 0 aromatic heterocycles. The number of β-lactam (4-membered cyclic amide) rings is 1. The van der Waals surface area contributed by atoms with Crippen LogP contribution in [0.15, 0.2) is 72.7 Å². The Kier molecular flexibility index (Phi) is 7.11. The van der Waals surface area contributed by atoms with Crippen LogP contribution in [0.1, 0.15) is 41.6 Å². The van der Waals surface area contributed by atoms with E-state index in [4.69, 9.17) is 15.0 Å². The van der Waals surface area contributed by atoms with Crippen LogP contribution in [0.5, 0.6) is 5.75 Å². The summed E-state index contributed by atoms with van der Waals surface area (Å²) in [5.41, 5.74) is 0.330. The number of hydrogen-bond donors (Lipinski definition) is 5. The van der Waals surface area contributed by atoms with Crippen molar-refractivity contribution in [2.24, 2.45) is 5.92 Å². The molecule has 5 N–H and O–H groups in total. The van der Waals surface area contributed by atoms with Crippen molar-refractivity contribution in [2.75, 3.05) is 4.90 Å². The fourth-order valence-corrected chi connectivity index (χ4v) is 5.19. The van der Waals surface area contributed by atoms with Gasteiger partial charge < -0.3 is 39.9 Å². The number of phenols is 1. The Morgan fingerprint density at radius 1 is 0.952 bits per heavy atom. The topological polar surface area (TPSA) is 157 Å². The van der Waals surface area contributed by atoms with E-state index >= 15 is 0 Å². The van der Waals surface area contributed by atoms with E-state index in [9.17, 15) is 43.9 Å². The lowest BCUT2D eigenvalue weighted by Gasteiger charge is -2.48. The number of amides is 1. The van der Waals surface area contributed by atoms with Gasteiger partial charge in [-0.3, -0.25) is 4.79 Å². The number of carbonyl (C=O) groups is 2. The van der Waals surface area contributed by atoms with E-state index in [-0.39, 0.29) is 18.6 Å². The number of benzene rings is 3. The maximum atomic E-state index is 14.3. The highest BCUT2D eigenvalue weighted by molar-refractivity contribution is 6.03. The largest absolute Gasteiger partial charge is 0.508 e. The van der Waals surface area contributed by atoms with Crippen LogP contribution in [0.3, 0.4) is 0 Å². The summed E-state index contributed by atoms with van der Waals surface area (Å²) in [6.07, 6.45) is -10.7. The Labute approximate surface area is 244 Å². The van der Waals surface area contributed by atoms with Gasteiger partial charge >= 0.3 is 5.97 Å². The zero-order valence-corrected chi connectivity index (χ0v) is 21.7. The first-order valence-corrected chi connectivity index (χ1v) is 12.9. The molecule has 0 spiro atoms. The predicted octanol–water partition coefficient (Wildman–Crippen LogP) is 2.80. The molecule has 0 saturated carbocycles. The van der Waals surface area contributed by atoms with Crippen molar-refractivity contribution in [3.05, 3.63) is 95.5 Å². The van der Waals surface area contributed by atoms with Gasteiger partial charge in [-0.2, -0.15) is 0 Å². The second-order valence-electron chi connectivity index (χ2n) is 10.0. The Hall–Kier alpha value is -3.94. The SMILES string of the molecule is [2H]c1c([2H])c(N2C(=O)[C@H](CC[C@H](OC3OC(C(=O)O)C(O)C(O)C3O)c3ccc(F)cc3)[C@H]2c2ccc(O)cc2)c([2H])c([2H])c1F. The molecule has 2 aliphatic rings. The van der Waals surface area contributed by atoms with Gasteiger partial charge in [0.2, 0.25) is 5.91 Å². The van der Waals surface area contributed by atoms with Crippen molar-refractivity contribution in [3.8, 4) is 5.75 Å². The van der Waals surface area contributed by atoms with E-state index in [0.29, 0.717) is 11.1 Å². The molecule has 5 unspecified atom stereocenters. The van der Waals surface area contributed by atoms with Crippen molar-refractivity contribution in [1.82, 2.24) is 0 Å². The summed E-state index contributed by atoms with van der Waals surface area (Å²) in [5.74, 6) is -5.22. The van der Waals surface area contributed by atoms with E-state index in [2.05, 4.69) is 0 Å². The standard InChI is InChI=1S/C30H29F2NO9/c31-17-5-1-15(2-6-17)22(41-30-26(37)24(35)25(36)27(42-30)29(39)40)14-13-21-23(16-3-11-20(34)12-4-16)33(28(21)38)19-9-7-18(32)8-10-19/h1-12,21-27,30,34-37H,13-14H2,(H,39,40)/t21-,22+,23-,24?,25?,26?,27?,30?/m1/s1/i7D,8D,9D,10D. The maximum absolute atomic E-state index is 14.3. The van der Waals surface area contributed by atoms with E-state index in [0.717, 1.165) is 17.0 Å². The summed E-state index contributed by atoms with van der Waals surface area (Å²) in [5, 5.41) is 50.1. The van der Waals surface area contributed by atoms with Crippen LogP contribution >= 0.6 is 0 Å². The lowest BCUT2D eigenvalue weighted by molar-refractivity contribution is -0.306. The summed E-state index contributed by atoms with van der Waals surface area (Å²) in [6.45, 7) is 0. The Bertz CT molecular complexity index is 1600. The van der Waals surface area contributed by atoms with Crippen LogP contribution in [0, 0.1) is 17.6 Å². The van der Waals surface area contributed by atoms with E-state index < -0.39 is 102 Å². The lowest BCUT2D eigenvalue weighted by atomic mass is 9.78. The van der Waals surface area contributed by atoms with Gasteiger partial charge in [0.15, 0.2) is 12.4 Å². The van der Waals surface area contributed by atoms with Gasteiger partial charge in [-0.25, -0.2) is 13.6 Å². The molecule has 42 heavy (non-hydrogen) atoms. The zero-order chi connectivity index (χ0) is 33.6. The van der Waals surface area contributed by atoms with Crippen LogP contribution in [0.2, 0.25) is 0 Å². The highest BCUT2D eigenvalue weighted by Gasteiger charge is 2.50. The molecule has 0 radical (unpaired) electrons. The highest BCUT2D eigenvalue weighted by Crippen LogP contribution is 2.47. The van der Waals surface area contributed by atoms with Crippen LogP contribution in [-0.2, 0) is 19.1 Å². The van der Waals surface area contributed by atoms with Crippen LogP contribution < -0.4 is 4.90 Å². The number of rotatable bonds is 9. The third-order valence-electron chi connectivity index (χ3n) is 7.36. The molecule has 8 atom stereocenters. The van der Waals surface area contributed by atoms with Crippen LogP contribution in [-0.4, -0.2) is 68.1 Å². The van der Waals surface area contributed by atoms with Gasteiger partial charge in [0.1, 0.15) is 35.7 Å². The van der Waals surface area contributed by atoms with Gasteiger partial charge in [-0.1, -0.05) is 24.3 Å². The Morgan fingerprint density at radius 3 is 2.21 bits per heavy atom. The smallest absolute Gasteiger partial charge is 0.335 e. The number of carboxylic acids is 1. The summed E-state index contributed by atoms with van der Waals surface area (Å²) in [4.78, 5) is 26.3. The number of aromatic hydroxyl groups is 1. The van der Waals surface area contributed by atoms with Gasteiger partial charge in [-0.15, -0.1) is 0 Å².